The second-order valence-electron chi connectivity index (χ2n) is 5.97. The molecule has 0 aromatic heterocycles. The lowest BCUT2D eigenvalue weighted by Gasteiger charge is -2.24. The van der Waals surface area contributed by atoms with Crippen molar-refractivity contribution in [1.82, 2.24) is 10.2 Å². The van der Waals surface area contributed by atoms with Crippen molar-refractivity contribution in [2.45, 2.75) is 52.0 Å². The Morgan fingerprint density at radius 2 is 1.88 bits per heavy atom. The Morgan fingerprint density at radius 1 is 1.29 bits per heavy atom. The molecule has 3 nitrogen and oxygen atoms in total. The molecule has 1 N–H and O–H groups in total. The number of nitrogens with zero attached hydrogens (tertiary/aromatic N) is 1. The highest BCUT2D eigenvalue weighted by Gasteiger charge is 2.23. The summed E-state index contributed by atoms with van der Waals surface area (Å²) in [6, 6.07) is 0.00519. The molecule has 0 spiro atoms. The van der Waals surface area contributed by atoms with E-state index in [0.29, 0.717) is 5.92 Å². The van der Waals surface area contributed by atoms with Crippen molar-refractivity contribution < 1.29 is 4.79 Å². The number of amides is 1. The van der Waals surface area contributed by atoms with Gasteiger partial charge in [-0.25, -0.2) is 0 Å². The average Bonchev–Trinajstić information content (AvgIpc) is 2.75. The van der Waals surface area contributed by atoms with Gasteiger partial charge < -0.3 is 10.2 Å². The Hall–Kier alpha value is -0.570. The number of likely N-dealkylation sites (N-methyl/N-ethyl adjacent to an activating group) is 1. The Balaban J connectivity index is 2.41. The highest BCUT2D eigenvalue weighted by molar-refractivity contribution is 5.81. The Bertz CT molecular complexity index is 232. The number of carbonyl (C=O) groups excluding carboxylic acids is 1. The fraction of sp³-hybridized carbons (Fsp3) is 0.929. The van der Waals surface area contributed by atoms with Gasteiger partial charge in [0.05, 0.1) is 6.04 Å². The van der Waals surface area contributed by atoms with Gasteiger partial charge in [-0.15, -0.1) is 0 Å². The first kappa shape index (κ1) is 14.5. The smallest absolute Gasteiger partial charge is 0.239 e. The van der Waals surface area contributed by atoms with Crippen LogP contribution in [0.15, 0.2) is 0 Å². The van der Waals surface area contributed by atoms with E-state index in [2.05, 4.69) is 19.2 Å². The zero-order valence-electron chi connectivity index (χ0n) is 11.8. The third kappa shape index (κ3) is 5.07. The molecule has 0 heterocycles. The molecule has 1 amide bonds. The monoisotopic (exact) mass is 240 g/mol. The van der Waals surface area contributed by atoms with Gasteiger partial charge in [0.2, 0.25) is 5.91 Å². The quantitative estimate of drug-likeness (QED) is 0.772. The van der Waals surface area contributed by atoms with Crippen LogP contribution in [0.5, 0.6) is 0 Å². The maximum Gasteiger partial charge on any atom is 0.239 e. The molecule has 1 unspecified atom stereocenters. The molecule has 0 aromatic carbocycles. The van der Waals surface area contributed by atoms with E-state index in [1.54, 1.807) is 4.90 Å². The average molecular weight is 240 g/mol. The molecular weight excluding hydrogens is 212 g/mol. The number of hydrogen-bond acceptors (Lipinski definition) is 2. The van der Waals surface area contributed by atoms with Gasteiger partial charge in [0, 0.05) is 14.1 Å². The summed E-state index contributed by atoms with van der Waals surface area (Å²) in [5, 5.41) is 3.48. The van der Waals surface area contributed by atoms with Gasteiger partial charge in [-0.3, -0.25) is 4.79 Å². The third-order valence-electron chi connectivity index (χ3n) is 3.57. The van der Waals surface area contributed by atoms with E-state index in [-0.39, 0.29) is 11.9 Å². The predicted molar refractivity (Wildman–Crippen MR) is 71.9 cm³/mol. The molecular formula is C14H28N2O. The van der Waals surface area contributed by atoms with E-state index < -0.39 is 0 Å². The molecule has 0 radical (unpaired) electrons. The minimum Gasteiger partial charge on any atom is -0.347 e. The molecule has 1 rings (SSSR count). The van der Waals surface area contributed by atoms with E-state index in [1.165, 1.54) is 25.7 Å². The summed E-state index contributed by atoms with van der Waals surface area (Å²) < 4.78 is 0. The zero-order valence-corrected chi connectivity index (χ0v) is 11.8. The Morgan fingerprint density at radius 3 is 2.35 bits per heavy atom. The van der Waals surface area contributed by atoms with E-state index >= 15 is 0 Å². The standard InChI is InChI=1S/C14H28N2O/c1-11(2)9-13(14(17)16(3)4)15-10-12-7-5-6-8-12/h11-13,15H,5-10H2,1-4H3. The number of rotatable bonds is 6. The van der Waals surface area contributed by atoms with E-state index in [1.807, 2.05) is 14.1 Å². The van der Waals surface area contributed by atoms with E-state index in [0.717, 1.165) is 18.9 Å². The second-order valence-corrected chi connectivity index (χ2v) is 5.97. The summed E-state index contributed by atoms with van der Waals surface area (Å²) in [6.07, 6.45) is 6.32. The molecule has 17 heavy (non-hydrogen) atoms. The molecule has 1 aliphatic carbocycles. The van der Waals surface area contributed by atoms with Crippen LogP contribution >= 0.6 is 0 Å². The van der Waals surface area contributed by atoms with Crippen LogP contribution in [0.1, 0.15) is 46.0 Å². The number of nitrogens with one attached hydrogen (secondary N) is 1. The van der Waals surface area contributed by atoms with Crippen molar-refractivity contribution in [2.75, 3.05) is 20.6 Å². The van der Waals surface area contributed by atoms with Gasteiger partial charge in [-0.1, -0.05) is 26.7 Å². The molecule has 100 valence electrons. The Labute approximate surface area is 106 Å². The summed E-state index contributed by atoms with van der Waals surface area (Å²) in [4.78, 5) is 13.7. The van der Waals surface area contributed by atoms with Crippen LogP contribution in [-0.4, -0.2) is 37.5 Å². The summed E-state index contributed by atoms with van der Waals surface area (Å²) in [5.41, 5.74) is 0. The van der Waals surface area contributed by atoms with Gasteiger partial charge >= 0.3 is 0 Å². The number of carbonyl (C=O) groups is 1. The summed E-state index contributed by atoms with van der Waals surface area (Å²) in [7, 11) is 3.68. The second kappa shape index (κ2) is 7.00. The van der Waals surface area contributed by atoms with E-state index in [4.69, 9.17) is 0 Å². The molecule has 1 fully saturated rings. The summed E-state index contributed by atoms with van der Waals surface area (Å²) in [5.74, 6) is 1.57. The largest absolute Gasteiger partial charge is 0.347 e. The van der Waals surface area contributed by atoms with E-state index in [9.17, 15) is 4.79 Å². The normalized spacial score (nSPS) is 18.6. The molecule has 0 saturated heterocycles. The van der Waals surface area contributed by atoms with Crippen LogP contribution in [-0.2, 0) is 4.79 Å². The maximum atomic E-state index is 12.0. The summed E-state index contributed by atoms with van der Waals surface area (Å²) in [6.45, 7) is 5.36. The van der Waals surface area contributed by atoms with Crippen molar-refractivity contribution in [3.8, 4) is 0 Å². The molecule has 0 aromatic rings. The molecule has 0 aliphatic heterocycles. The lowest BCUT2D eigenvalue weighted by molar-refractivity contribution is -0.131. The van der Waals surface area contributed by atoms with Crippen LogP contribution < -0.4 is 5.32 Å². The van der Waals surface area contributed by atoms with Crippen LogP contribution in [0.4, 0.5) is 0 Å². The first-order valence-electron chi connectivity index (χ1n) is 6.95. The lowest BCUT2D eigenvalue weighted by atomic mass is 10.0. The fourth-order valence-electron chi connectivity index (χ4n) is 2.58. The molecule has 1 saturated carbocycles. The highest BCUT2D eigenvalue weighted by atomic mass is 16.2. The minimum absolute atomic E-state index is 0.00519. The van der Waals surface area contributed by atoms with Gasteiger partial charge in [-0.2, -0.15) is 0 Å². The first-order valence-corrected chi connectivity index (χ1v) is 6.95. The van der Waals surface area contributed by atoms with Crippen molar-refractivity contribution in [3.05, 3.63) is 0 Å². The maximum absolute atomic E-state index is 12.0. The zero-order chi connectivity index (χ0) is 12.8. The molecule has 1 aliphatic rings. The SMILES string of the molecule is CC(C)CC(NCC1CCCC1)C(=O)N(C)C. The van der Waals surface area contributed by atoms with Crippen molar-refractivity contribution in [1.29, 1.82) is 0 Å². The van der Waals surface area contributed by atoms with Crippen LogP contribution in [0.3, 0.4) is 0 Å². The van der Waals surface area contributed by atoms with Gasteiger partial charge in [0.25, 0.3) is 0 Å². The third-order valence-corrected chi connectivity index (χ3v) is 3.57. The van der Waals surface area contributed by atoms with Gasteiger partial charge in [-0.05, 0) is 37.6 Å². The van der Waals surface area contributed by atoms with Crippen LogP contribution in [0.25, 0.3) is 0 Å². The van der Waals surface area contributed by atoms with Gasteiger partial charge in [0.15, 0.2) is 0 Å². The minimum atomic E-state index is 0.00519. The van der Waals surface area contributed by atoms with Gasteiger partial charge in [0.1, 0.15) is 0 Å². The number of hydrogen-bond donors (Lipinski definition) is 1. The van der Waals surface area contributed by atoms with Crippen molar-refractivity contribution in [3.63, 3.8) is 0 Å². The topological polar surface area (TPSA) is 32.3 Å². The molecule has 1 atom stereocenters. The fourth-order valence-corrected chi connectivity index (χ4v) is 2.58. The van der Waals surface area contributed by atoms with Crippen molar-refractivity contribution >= 4 is 5.91 Å². The molecule has 3 heteroatoms. The van der Waals surface area contributed by atoms with Crippen LogP contribution in [0, 0.1) is 11.8 Å². The lowest BCUT2D eigenvalue weighted by Crippen LogP contribution is -2.45. The Kier molecular flexibility index (Phi) is 5.96. The van der Waals surface area contributed by atoms with Crippen LogP contribution in [0.2, 0.25) is 0 Å². The predicted octanol–water partition coefficient (Wildman–Crippen LogP) is 2.27. The molecule has 0 bridgehead atoms. The first-order chi connectivity index (χ1) is 8.00. The van der Waals surface area contributed by atoms with Crippen molar-refractivity contribution in [2.24, 2.45) is 11.8 Å². The highest BCUT2D eigenvalue weighted by Crippen LogP contribution is 2.24. The summed E-state index contributed by atoms with van der Waals surface area (Å²) >= 11 is 0.